The molecule has 0 spiro atoms. The van der Waals surface area contributed by atoms with Crippen LogP contribution in [0.1, 0.15) is 35.1 Å². The van der Waals surface area contributed by atoms with Crippen LogP contribution in [0.2, 0.25) is 0 Å². The smallest absolute Gasteiger partial charge is 0.328 e. The number of aromatic amines is 2. The molecule has 126 valence electrons. The lowest BCUT2D eigenvalue weighted by atomic mass is 9.84. The third-order valence-corrected chi connectivity index (χ3v) is 4.97. The summed E-state index contributed by atoms with van der Waals surface area (Å²) < 4.78 is 6.94. The zero-order chi connectivity index (χ0) is 17.4. The lowest BCUT2D eigenvalue weighted by molar-refractivity contribution is 0.157. The van der Waals surface area contributed by atoms with Gasteiger partial charge in [0.1, 0.15) is 6.10 Å². The fraction of sp³-hybridized carbons (Fsp3) is 0.158. The standard InChI is InChI=1S/C19H15BrN2O3/c20-13-8-6-11(7-9-13)14-10-15(12-4-2-1-3-5-12)25-18-16(14)17(23)21-19(24)22-18/h1-9,14-15H,10H2,(H2,21,22,23,24)/t14-,15-/m1/s1. The fourth-order valence-electron chi connectivity index (χ4n) is 3.28. The van der Waals surface area contributed by atoms with Gasteiger partial charge in [-0.15, -0.1) is 0 Å². The molecule has 0 saturated carbocycles. The van der Waals surface area contributed by atoms with E-state index in [1.54, 1.807) is 0 Å². The van der Waals surface area contributed by atoms with Crippen LogP contribution in [0, 0.1) is 0 Å². The van der Waals surface area contributed by atoms with Gasteiger partial charge in [-0.3, -0.25) is 14.8 Å². The Kier molecular flexibility index (Phi) is 4.05. The van der Waals surface area contributed by atoms with Crippen LogP contribution in [0.15, 0.2) is 68.7 Å². The van der Waals surface area contributed by atoms with E-state index in [0.29, 0.717) is 12.0 Å². The van der Waals surface area contributed by atoms with Crippen LogP contribution in [0.3, 0.4) is 0 Å². The van der Waals surface area contributed by atoms with E-state index < -0.39 is 11.2 Å². The van der Waals surface area contributed by atoms with Crippen molar-refractivity contribution in [3.63, 3.8) is 0 Å². The first-order valence-electron chi connectivity index (χ1n) is 7.95. The molecule has 3 aromatic rings. The van der Waals surface area contributed by atoms with Gasteiger partial charge in [0.05, 0.1) is 5.56 Å². The van der Waals surface area contributed by atoms with Crippen molar-refractivity contribution in [2.75, 3.05) is 0 Å². The number of halogens is 1. The molecule has 0 amide bonds. The maximum atomic E-state index is 12.4. The predicted octanol–water partition coefficient (Wildman–Crippen LogP) is 3.48. The van der Waals surface area contributed by atoms with Crippen molar-refractivity contribution in [3.05, 3.63) is 96.6 Å². The van der Waals surface area contributed by atoms with Crippen molar-refractivity contribution in [2.24, 2.45) is 0 Å². The molecule has 0 aliphatic carbocycles. The first kappa shape index (κ1) is 15.9. The molecule has 4 rings (SSSR count). The molecule has 1 aliphatic rings. The van der Waals surface area contributed by atoms with Crippen molar-refractivity contribution in [1.29, 1.82) is 0 Å². The van der Waals surface area contributed by atoms with Gasteiger partial charge in [0.15, 0.2) is 0 Å². The van der Waals surface area contributed by atoms with Crippen LogP contribution in [0.25, 0.3) is 0 Å². The normalized spacial score (nSPS) is 19.1. The average molecular weight is 399 g/mol. The van der Waals surface area contributed by atoms with E-state index in [2.05, 4.69) is 25.9 Å². The van der Waals surface area contributed by atoms with E-state index in [1.165, 1.54) is 0 Å². The molecule has 1 aliphatic heterocycles. The molecule has 0 fully saturated rings. The Bertz CT molecular complexity index is 1010. The molecule has 0 bridgehead atoms. The number of benzene rings is 2. The maximum absolute atomic E-state index is 12.4. The Morgan fingerprint density at radius 1 is 0.920 bits per heavy atom. The summed E-state index contributed by atoms with van der Waals surface area (Å²) in [6.07, 6.45) is 0.383. The van der Waals surface area contributed by atoms with Crippen LogP contribution < -0.4 is 16.0 Å². The Morgan fingerprint density at radius 2 is 1.64 bits per heavy atom. The van der Waals surface area contributed by atoms with Gasteiger partial charge in [0, 0.05) is 10.4 Å². The molecule has 6 heteroatoms. The second-order valence-electron chi connectivity index (χ2n) is 6.01. The van der Waals surface area contributed by atoms with E-state index in [0.717, 1.165) is 15.6 Å². The van der Waals surface area contributed by atoms with Crippen molar-refractivity contribution in [1.82, 2.24) is 9.97 Å². The molecule has 0 saturated heterocycles. The highest BCUT2D eigenvalue weighted by Crippen LogP contribution is 2.42. The lowest BCUT2D eigenvalue weighted by Gasteiger charge is -2.31. The largest absolute Gasteiger partial charge is 0.470 e. The summed E-state index contributed by atoms with van der Waals surface area (Å²) in [5, 5.41) is 0. The Balaban J connectivity index is 1.86. The number of hydrogen-bond donors (Lipinski definition) is 2. The van der Waals surface area contributed by atoms with Crippen LogP contribution in [0.5, 0.6) is 5.88 Å². The summed E-state index contributed by atoms with van der Waals surface area (Å²) in [5.74, 6) is 0.0874. The minimum absolute atomic E-state index is 0.164. The molecule has 0 unspecified atom stereocenters. The highest BCUT2D eigenvalue weighted by Gasteiger charge is 2.33. The molecule has 2 atom stereocenters. The summed E-state index contributed by atoms with van der Waals surface area (Å²) in [6, 6.07) is 17.7. The SMILES string of the molecule is O=c1[nH]c2c(c(=O)[nH]1)[C@@H](c1ccc(Br)cc1)C[C@H](c1ccccc1)O2. The maximum Gasteiger partial charge on any atom is 0.328 e. The Labute approximate surface area is 151 Å². The van der Waals surface area contributed by atoms with Gasteiger partial charge >= 0.3 is 5.69 Å². The molecule has 0 radical (unpaired) electrons. The van der Waals surface area contributed by atoms with Crippen molar-refractivity contribution in [2.45, 2.75) is 18.4 Å². The third-order valence-electron chi connectivity index (χ3n) is 4.45. The average Bonchev–Trinajstić information content (AvgIpc) is 2.62. The molecule has 5 nitrogen and oxygen atoms in total. The van der Waals surface area contributed by atoms with E-state index in [9.17, 15) is 9.59 Å². The molecular formula is C19H15BrN2O3. The Morgan fingerprint density at radius 3 is 2.36 bits per heavy atom. The van der Waals surface area contributed by atoms with Gasteiger partial charge in [-0.1, -0.05) is 58.4 Å². The van der Waals surface area contributed by atoms with Crippen LogP contribution in [-0.2, 0) is 0 Å². The highest BCUT2D eigenvalue weighted by molar-refractivity contribution is 9.10. The number of H-pyrrole nitrogens is 2. The summed E-state index contributed by atoms with van der Waals surface area (Å²) in [5.41, 5.74) is 1.52. The molecular weight excluding hydrogens is 384 g/mol. The third kappa shape index (κ3) is 3.05. The zero-order valence-electron chi connectivity index (χ0n) is 13.2. The van der Waals surface area contributed by atoms with Gasteiger partial charge in [-0.05, 0) is 29.7 Å². The van der Waals surface area contributed by atoms with Crippen molar-refractivity contribution in [3.8, 4) is 5.88 Å². The molecule has 2 heterocycles. The van der Waals surface area contributed by atoms with Crippen molar-refractivity contribution >= 4 is 15.9 Å². The fourth-order valence-corrected chi connectivity index (χ4v) is 3.54. The minimum Gasteiger partial charge on any atom is -0.470 e. The van der Waals surface area contributed by atoms with E-state index in [1.807, 2.05) is 54.6 Å². The first-order chi connectivity index (χ1) is 12.1. The molecule has 2 N–H and O–H groups in total. The van der Waals surface area contributed by atoms with Gasteiger partial charge in [0.25, 0.3) is 5.56 Å². The van der Waals surface area contributed by atoms with Gasteiger partial charge in [-0.2, -0.15) is 0 Å². The number of aromatic nitrogens is 2. The first-order valence-corrected chi connectivity index (χ1v) is 8.74. The predicted molar refractivity (Wildman–Crippen MR) is 98.1 cm³/mol. The summed E-state index contributed by atoms with van der Waals surface area (Å²) in [7, 11) is 0. The zero-order valence-corrected chi connectivity index (χ0v) is 14.7. The Hall–Kier alpha value is -2.60. The summed E-state index contributed by atoms with van der Waals surface area (Å²) in [6.45, 7) is 0. The number of hydrogen-bond acceptors (Lipinski definition) is 3. The highest BCUT2D eigenvalue weighted by atomic mass is 79.9. The number of nitrogens with one attached hydrogen (secondary N) is 2. The summed E-state index contributed by atoms with van der Waals surface area (Å²) >= 11 is 3.43. The summed E-state index contributed by atoms with van der Waals surface area (Å²) in [4.78, 5) is 29.1. The number of ether oxygens (including phenoxy) is 1. The van der Waals surface area contributed by atoms with Crippen LogP contribution in [0.4, 0.5) is 0 Å². The van der Waals surface area contributed by atoms with Gasteiger partial charge < -0.3 is 4.74 Å². The van der Waals surface area contributed by atoms with E-state index in [-0.39, 0.29) is 17.9 Å². The van der Waals surface area contributed by atoms with E-state index >= 15 is 0 Å². The van der Waals surface area contributed by atoms with Gasteiger partial charge in [-0.25, -0.2) is 4.79 Å². The lowest BCUT2D eigenvalue weighted by Crippen LogP contribution is -2.33. The topological polar surface area (TPSA) is 75.0 Å². The molecule has 1 aromatic heterocycles. The van der Waals surface area contributed by atoms with Crippen LogP contribution >= 0.6 is 15.9 Å². The molecule has 25 heavy (non-hydrogen) atoms. The second kappa shape index (κ2) is 6.37. The van der Waals surface area contributed by atoms with E-state index in [4.69, 9.17) is 4.74 Å². The van der Waals surface area contributed by atoms with Crippen molar-refractivity contribution < 1.29 is 4.74 Å². The number of rotatable bonds is 2. The van der Waals surface area contributed by atoms with Crippen LogP contribution in [-0.4, -0.2) is 9.97 Å². The number of fused-ring (bicyclic) bond motifs is 1. The second-order valence-corrected chi connectivity index (χ2v) is 6.92. The quantitative estimate of drug-likeness (QED) is 0.693. The molecule has 2 aromatic carbocycles. The monoisotopic (exact) mass is 398 g/mol. The minimum atomic E-state index is -0.563. The van der Waals surface area contributed by atoms with Gasteiger partial charge in [0.2, 0.25) is 5.88 Å².